The summed E-state index contributed by atoms with van der Waals surface area (Å²) in [6.07, 6.45) is 0.112. The maximum Gasteiger partial charge on any atom is 0.145 e. The number of fused-ring (bicyclic) bond motifs is 1. The maximum atomic E-state index is 5.02. The van der Waals surface area contributed by atoms with Gasteiger partial charge in [-0.15, -0.1) is 0 Å². The van der Waals surface area contributed by atoms with E-state index in [0.717, 1.165) is 0 Å². The number of rotatable bonds is 1. The van der Waals surface area contributed by atoms with Crippen molar-refractivity contribution in [1.29, 1.82) is 0 Å². The fourth-order valence-electron chi connectivity index (χ4n) is 1.81. The van der Waals surface area contributed by atoms with Crippen LogP contribution in [0.4, 0.5) is 0 Å². The molecule has 0 saturated carbocycles. The van der Waals surface area contributed by atoms with Crippen molar-refractivity contribution in [3.63, 3.8) is 0 Å². The molecule has 0 bridgehead atoms. The molecule has 2 aromatic carbocycles. The van der Waals surface area contributed by atoms with E-state index in [2.05, 4.69) is 30.3 Å². The Balaban J connectivity index is 2.22. The minimum Gasteiger partial charge on any atom is -0.233 e. The van der Waals surface area contributed by atoms with Crippen molar-refractivity contribution in [3.8, 4) is 0 Å². The smallest absolute Gasteiger partial charge is 0.145 e. The summed E-state index contributed by atoms with van der Waals surface area (Å²) in [5.41, 5.74) is 1.22. The fourth-order valence-corrected chi connectivity index (χ4v) is 1.81. The molecule has 1 saturated heterocycles. The van der Waals surface area contributed by atoms with Crippen LogP contribution in [0.15, 0.2) is 42.5 Å². The summed E-state index contributed by atoms with van der Waals surface area (Å²) in [6, 6.07) is 14.6. The second-order valence-electron chi connectivity index (χ2n) is 3.44. The summed E-state index contributed by atoms with van der Waals surface area (Å²) in [7, 11) is 0. The molecule has 70 valence electrons. The summed E-state index contributed by atoms with van der Waals surface area (Å²) < 4.78 is 0. The van der Waals surface area contributed by atoms with Gasteiger partial charge in [-0.3, -0.25) is 0 Å². The van der Waals surface area contributed by atoms with E-state index in [-0.39, 0.29) is 6.10 Å². The molecule has 1 atom stereocenters. The molecule has 14 heavy (non-hydrogen) atoms. The molecule has 0 aromatic heterocycles. The average molecular weight is 186 g/mol. The van der Waals surface area contributed by atoms with E-state index in [9.17, 15) is 0 Å². The van der Waals surface area contributed by atoms with Gasteiger partial charge in [0.25, 0.3) is 0 Å². The van der Waals surface area contributed by atoms with Gasteiger partial charge >= 0.3 is 0 Å². The third kappa shape index (κ3) is 1.12. The highest BCUT2D eigenvalue weighted by Crippen LogP contribution is 2.31. The van der Waals surface area contributed by atoms with Crippen molar-refractivity contribution in [2.45, 2.75) is 6.10 Å². The molecule has 0 amide bonds. The minimum absolute atomic E-state index is 0.112. The lowest BCUT2D eigenvalue weighted by atomic mass is 10.0. The maximum absolute atomic E-state index is 5.02. The van der Waals surface area contributed by atoms with Crippen LogP contribution < -0.4 is 0 Å². The Morgan fingerprint density at radius 3 is 2.57 bits per heavy atom. The first kappa shape index (κ1) is 7.97. The molecule has 0 spiro atoms. The lowest BCUT2D eigenvalue weighted by Crippen LogP contribution is -2.22. The summed E-state index contributed by atoms with van der Waals surface area (Å²) in [5, 5.41) is 2.50. The van der Waals surface area contributed by atoms with Crippen LogP contribution in [0.5, 0.6) is 0 Å². The Morgan fingerprint density at radius 2 is 1.79 bits per heavy atom. The monoisotopic (exact) mass is 186 g/mol. The van der Waals surface area contributed by atoms with Gasteiger partial charge in [0.05, 0.1) is 0 Å². The zero-order chi connectivity index (χ0) is 9.38. The zero-order valence-electron chi connectivity index (χ0n) is 7.64. The molecule has 3 rings (SSSR count). The highest BCUT2D eigenvalue weighted by Gasteiger charge is 2.24. The molecule has 1 unspecified atom stereocenters. The molecule has 2 heteroatoms. The molecular formula is C12H10O2. The highest BCUT2D eigenvalue weighted by molar-refractivity contribution is 5.86. The number of hydrogen-bond donors (Lipinski definition) is 0. The van der Waals surface area contributed by atoms with Crippen molar-refractivity contribution in [3.05, 3.63) is 48.0 Å². The Labute approximate surface area is 82.0 Å². The molecule has 1 aliphatic rings. The van der Waals surface area contributed by atoms with Gasteiger partial charge in [0, 0.05) is 0 Å². The zero-order valence-corrected chi connectivity index (χ0v) is 7.64. The average Bonchev–Trinajstić information content (AvgIpc) is 2.16. The Hall–Kier alpha value is -1.38. The largest absolute Gasteiger partial charge is 0.233 e. The van der Waals surface area contributed by atoms with E-state index in [1.54, 1.807) is 0 Å². The van der Waals surface area contributed by atoms with E-state index in [1.165, 1.54) is 16.3 Å². The second kappa shape index (κ2) is 3.08. The quantitative estimate of drug-likeness (QED) is 0.637. The number of benzene rings is 2. The van der Waals surface area contributed by atoms with Gasteiger partial charge < -0.3 is 0 Å². The minimum atomic E-state index is 0.112. The fraction of sp³-hybridized carbons (Fsp3) is 0.167. The predicted molar refractivity (Wildman–Crippen MR) is 53.7 cm³/mol. The normalized spacial score (nSPS) is 20.7. The first-order valence-electron chi connectivity index (χ1n) is 4.71. The van der Waals surface area contributed by atoms with Gasteiger partial charge in [0.1, 0.15) is 12.7 Å². The van der Waals surface area contributed by atoms with E-state index >= 15 is 0 Å². The molecule has 0 N–H and O–H groups in total. The molecule has 1 aliphatic heterocycles. The van der Waals surface area contributed by atoms with E-state index < -0.39 is 0 Å². The molecule has 0 aliphatic carbocycles. The SMILES string of the molecule is c1ccc2c(C3COO3)cccc2c1. The van der Waals surface area contributed by atoms with Gasteiger partial charge in [-0.1, -0.05) is 42.5 Å². The van der Waals surface area contributed by atoms with Crippen LogP contribution in [0, 0.1) is 0 Å². The van der Waals surface area contributed by atoms with Crippen LogP contribution in [0.2, 0.25) is 0 Å². The Morgan fingerprint density at radius 1 is 1.00 bits per heavy atom. The van der Waals surface area contributed by atoms with Crippen LogP contribution in [-0.4, -0.2) is 6.61 Å². The van der Waals surface area contributed by atoms with E-state index in [0.29, 0.717) is 6.61 Å². The summed E-state index contributed by atoms with van der Waals surface area (Å²) in [5.74, 6) is 0. The van der Waals surface area contributed by atoms with Crippen LogP contribution >= 0.6 is 0 Å². The van der Waals surface area contributed by atoms with Gasteiger partial charge in [-0.25, -0.2) is 9.78 Å². The first-order chi connectivity index (χ1) is 6.95. The molecular weight excluding hydrogens is 176 g/mol. The molecule has 1 heterocycles. The topological polar surface area (TPSA) is 18.5 Å². The van der Waals surface area contributed by atoms with Crippen LogP contribution in [0.1, 0.15) is 11.7 Å². The van der Waals surface area contributed by atoms with Crippen LogP contribution in [0.3, 0.4) is 0 Å². The van der Waals surface area contributed by atoms with Crippen molar-refractivity contribution in [2.24, 2.45) is 0 Å². The van der Waals surface area contributed by atoms with Crippen LogP contribution in [0.25, 0.3) is 10.8 Å². The summed E-state index contributed by atoms with van der Waals surface area (Å²) in [4.78, 5) is 9.76. The van der Waals surface area contributed by atoms with Gasteiger partial charge in [0.15, 0.2) is 0 Å². The van der Waals surface area contributed by atoms with Crippen molar-refractivity contribution < 1.29 is 9.78 Å². The predicted octanol–water partition coefficient (Wildman–Crippen LogP) is 2.84. The van der Waals surface area contributed by atoms with E-state index in [4.69, 9.17) is 9.78 Å². The van der Waals surface area contributed by atoms with Gasteiger partial charge in [-0.2, -0.15) is 0 Å². The van der Waals surface area contributed by atoms with Crippen molar-refractivity contribution in [1.82, 2.24) is 0 Å². The summed E-state index contributed by atoms with van der Waals surface area (Å²) >= 11 is 0. The third-order valence-electron chi connectivity index (χ3n) is 2.57. The Bertz CT molecular complexity index is 455. The molecule has 2 nitrogen and oxygen atoms in total. The molecule has 2 aromatic rings. The highest BCUT2D eigenvalue weighted by atomic mass is 17.2. The first-order valence-corrected chi connectivity index (χ1v) is 4.71. The molecule has 0 radical (unpaired) electrons. The second-order valence-corrected chi connectivity index (χ2v) is 3.44. The Kier molecular flexibility index (Phi) is 1.76. The van der Waals surface area contributed by atoms with Gasteiger partial charge in [-0.05, 0) is 16.3 Å². The third-order valence-corrected chi connectivity index (χ3v) is 2.57. The molecule has 1 fully saturated rings. The van der Waals surface area contributed by atoms with Crippen molar-refractivity contribution in [2.75, 3.05) is 6.61 Å². The van der Waals surface area contributed by atoms with Crippen LogP contribution in [-0.2, 0) is 9.78 Å². The summed E-state index contributed by atoms with van der Waals surface area (Å²) in [6.45, 7) is 0.661. The van der Waals surface area contributed by atoms with Gasteiger partial charge in [0.2, 0.25) is 0 Å². The standard InChI is InChI=1S/C12H10O2/c1-2-6-10-9(4-1)5-3-7-11(10)12-8-13-14-12/h1-7,12H,8H2. The van der Waals surface area contributed by atoms with Crippen molar-refractivity contribution >= 4 is 10.8 Å². The number of hydrogen-bond acceptors (Lipinski definition) is 2. The van der Waals surface area contributed by atoms with E-state index in [1.807, 2.05) is 12.1 Å². The lowest BCUT2D eigenvalue weighted by molar-refractivity contribution is -0.429. The lowest BCUT2D eigenvalue weighted by Gasteiger charge is -2.25.